The third-order valence-corrected chi connectivity index (χ3v) is 4.55. The summed E-state index contributed by atoms with van der Waals surface area (Å²) in [5, 5.41) is 6.54. The van der Waals surface area contributed by atoms with Gasteiger partial charge in [0, 0.05) is 45.0 Å². The van der Waals surface area contributed by atoms with Crippen molar-refractivity contribution < 1.29 is 0 Å². The molecule has 2 aromatic heterocycles. The molecule has 112 valence electrons. The van der Waals surface area contributed by atoms with Crippen LogP contribution in [0.15, 0.2) is 66.3 Å². The number of anilines is 3. The Kier molecular flexibility index (Phi) is 3.40. The molecule has 4 aromatic rings. The molecule has 0 spiro atoms. The van der Waals surface area contributed by atoms with Crippen LogP contribution in [-0.2, 0) is 0 Å². The van der Waals surface area contributed by atoms with Gasteiger partial charge in [-0.15, -0.1) is 11.3 Å². The molecular formula is C18H14N4S. The Balaban J connectivity index is 1.63. The number of hydrogen-bond acceptors (Lipinski definition) is 5. The van der Waals surface area contributed by atoms with Crippen LogP contribution >= 0.6 is 11.3 Å². The maximum atomic E-state index is 5.77. The van der Waals surface area contributed by atoms with Gasteiger partial charge in [-0.1, -0.05) is 24.3 Å². The summed E-state index contributed by atoms with van der Waals surface area (Å²) in [4.78, 5) is 8.82. The molecule has 0 saturated heterocycles. The van der Waals surface area contributed by atoms with Crippen molar-refractivity contribution in [2.45, 2.75) is 0 Å². The number of nitrogen functional groups attached to an aromatic ring is 1. The molecule has 0 saturated carbocycles. The molecule has 2 aromatic carbocycles. The smallest absolute Gasteiger partial charge is 0.227 e. The van der Waals surface area contributed by atoms with Crippen LogP contribution < -0.4 is 11.1 Å². The second kappa shape index (κ2) is 5.70. The number of rotatable bonds is 3. The average molecular weight is 318 g/mol. The third-order valence-electron chi connectivity index (χ3n) is 3.59. The molecule has 0 unspecified atom stereocenters. The topological polar surface area (TPSA) is 63.8 Å². The first-order chi connectivity index (χ1) is 11.3. The summed E-state index contributed by atoms with van der Waals surface area (Å²) in [6, 6.07) is 15.9. The third kappa shape index (κ3) is 2.74. The molecule has 0 fully saturated rings. The van der Waals surface area contributed by atoms with Crippen LogP contribution in [0.25, 0.3) is 21.2 Å². The van der Waals surface area contributed by atoms with Gasteiger partial charge < -0.3 is 11.1 Å². The number of benzene rings is 2. The van der Waals surface area contributed by atoms with Crippen molar-refractivity contribution in [1.29, 1.82) is 0 Å². The normalized spacial score (nSPS) is 10.8. The number of nitrogens with two attached hydrogens (primary N) is 1. The lowest BCUT2D eigenvalue weighted by Gasteiger charge is -2.06. The first-order valence-electron chi connectivity index (χ1n) is 7.21. The van der Waals surface area contributed by atoms with Crippen molar-refractivity contribution in [3.63, 3.8) is 0 Å². The molecule has 0 bridgehead atoms. The van der Waals surface area contributed by atoms with E-state index >= 15 is 0 Å². The van der Waals surface area contributed by atoms with Gasteiger partial charge >= 0.3 is 0 Å². The van der Waals surface area contributed by atoms with Crippen molar-refractivity contribution in [1.82, 2.24) is 9.97 Å². The van der Waals surface area contributed by atoms with E-state index in [2.05, 4.69) is 44.9 Å². The first-order valence-corrected chi connectivity index (χ1v) is 8.09. The molecule has 0 amide bonds. The minimum atomic E-state index is 0.555. The number of thiophene rings is 1. The zero-order valence-corrected chi connectivity index (χ0v) is 13.0. The Bertz CT molecular complexity index is 960. The lowest BCUT2D eigenvalue weighted by Crippen LogP contribution is -1.97. The van der Waals surface area contributed by atoms with Gasteiger partial charge in [0.1, 0.15) is 0 Å². The fraction of sp³-hybridized carbons (Fsp3) is 0. The lowest BCUT2D eigenvalue weighted by atomic mass is 10.1. The van der Waals surface area contributed by atoms with E-state index in [1.807, 2.05) is 36.7 Å². The van der Waals surface area contributed by atoms with Crippen molar-refractivity contribution in [2.24, 2.45) is 0 Å². The molecule has 0 radical (unpaired) electrons. The molecule has 0 aliphatic rings. The van der Waals surface area contributed by atoms with Gasteiger partial charge in [0.2, 0.25) is 5.95 Å². The van der Waals surface area contributed by atoms with E-state index in [1.54, 1.807) is 11.3 Å². The molecule has 4 nitrogen and oxygen atoms in total. The first kappa shape index (κ1) is 13.7. The molecule has 4 rings (SSSR count). The zero-order chi connectivity index (χ0) is 15.6. The van der Waals surface area contributed by atoms with E-state index in [9.17, 15) is 0 Å². The van der Waals surface area contributed by atoms with Gasteiger partial charge in [-0.3, -0.25) is 0 Å². The van der Waals surface area contributed by atoms with Crippen molar-refractivity contribution in [3.05, 3.63) is 66.3 Å². The van der Waals surface area contributed by atoms with Gasteiger partial charge in [-0.2, -0.15) is 0 Å². The predicted molar refractivity (Wildman–Crippen MR) is 97.0 cm³/mol. The van der Waals surface area contributed by atoms with Crippen LogP contribution in [-0.4, -0.2) is 9.97 Å². The highest BCUT2D eigenvalue weighted by Crippen LogP contribution is 2.33. The lowest BCUT2D eigenvalue weighted by molar-refractivity contribution is 1.17. The second-order valence-corrected chi connectivity index (χ2v) is 6.10. The number of nitrogens with one attached hydrogen (secondary N) is 1. The monoisotopic (exact) mass is 318 g/mol. The quantitative estimate of drug-likeness (QED) is 0.538. The highest BCUT2D eigenvalue weighted by molar-refractivity contribution is 7.17. The number of nitrogens with zero attached hydrogens (tertiary/aromatic N) is 2. The molecule has 0 aliphatic carbocycles. The Labute approximate surface area is 137 Å². The van der Waals surface area contributed by atoms with Crippen molar-refractivity contribution >= 4 is 38.7 Å². The fourth-order valence-corrected chi connectivity index (χ4v) is 3.45. The fourth-order valence-electron chi connectivity index (χ4n) is 2.48. The van der Waals surface area contributed by atoms with E-state index in [4.69, 9.17) is 5.73 Å². The Hall–Kier alpha value is -2.92. The van der Waals surface area contributed by atoms with Crippen LogP contribution in [0.1, 0.15) is 0 Å². The molecule has 0 atom stereocenters. The van der Waals surface area contributed by atoms with Crippen LogP contribution in [0.2, 0.25) is 0 Å². The largest absolute Gasteiger partial charge is 0.399 e. The van der Waals surface area contributed by atoms with Crippen LogP contribution in [0.3, 0.4) is 0 Å². The van der Waals surface area contributed by atoms with E-state index in [-0.39, 0.29) is 0 Å². The summed E-state index contributed by atoms with van der Waals surface area (Å²) >= 11 is 1.73. The van der Waals surface area contributed by atoms with E-state index in [1.165, 1.54) is 15.6 Å². The van der Waals surface area contributed by atoms with E-state index < -0.39 is 0 Å². The molecular weight excluding hydrogens is 304 g/mol. The predicted octanol–water partition coefficient (Wildman–Crippen LogP) is 4.68. The van der Waals surface area contributed by atoms with Crippen LogP contribution in [0.4, 0.5) is 17.3 Å². The maximum Gasteiger partial charge on any atom is 0.227 e. The minimum Gasteiger partial charge on any atom is -0.399 e. The van der Waals surface area contributed by atoms with Gasteiger partial charge in [-0.05, 0) is 29.6 Å². The van der Waals surface area contributed by atoms with Gasteiger partial charge in [0.05, 0.1) is 0 Å². The van der Waals surface area contributed by atoms with Crippen molar-refractivity contribution in [3.8, 4) is 11.1 Å². The van der Waals surface area contributed by atoms with Gasteiger partial charge in [-0.25, -0.2) is 9.97 Å². The maximum absolute atomic E-state index is 5.77. The summed E-state index contributed by atoms with van der Waals surface area (Å²) in [5.74, 6) is 0.555. The van der Waals surface area contributed by atoms with Crippen LogP contribution in [0.5, 0.6) is 0 Å². The Morgan fingerprint density at radius 1 is 0.957 bits per heavy atom. The Morgan fingerprint density at radius 2 is 1.78 bits per heavy atom. The van der Waals surface area contributed by atoms with Gasteiger partial charge in [0.25, 0.3) is 0 Å². The summed E-state index contributed by atoms with van der Waals surface area (Å²) in [6.07, 6.45) is 3.69. The molecule has 5 heteroatoms. The highest BCUT2D eigenvalue weighted by atomic mass is 32.1. The van der Waals surface area contributed by atoms with E-state index in [0.717, 1.165) is 11.3 Å². The second-order valence-electron chi connectivity index (χ2n) is 5.19. The average Bonchev–Trinajstić information content (AvgIpc) is 3.00. The van der Waals surface area contributed by atoms with Gasteiger partial charge in [0.15, 0.2) is 0 Å². The molecule has 3 N–H and O–H groups in total. The minimum absolute atomic E-state index is 0.555. The molecule has 23 heavy (non-hydrogen) atoms. The summed E-state index contributed by atoms with van der Waals surface area (Å²) in [5.41, 5.74) is 9.53. The van der Waals surface area contributed by atoms with Crippen molar-refractivity contribution in [2.75, 3.05) is 11.1 Å². The van der Waals surface area contributed by atoms with Crippen LogP contribution in [0, 0.1) is 0 Å². The summed E-state index contributed by atoms with van der Waals surface area (Å²) in [6.45, 7) is 0. The summed E-state index contributed by atoms with van der Waals surface area (Å²) < 4.78 is 1.27. The zero-order valence-electron chi connectivity index (χ0n) is 12.2. The Morgan fingerprint density at radius 3 is 2.61 bits per heavy atom. The SMILES string of the molecule is Nc1cccc(Nc2ncc(-c3csc4ccccc34)cn2)c1. The molecule has 2 heterocycles. The molecule has 0 aliphatic heterocycles. The number of aromatic nitrogens is 2. The number of hydrogen-bond donors (Lipinski definition) is 2. The number of fused-ring (bicyclic) bond motifs is 1. The standard InChI is InChI=1S/C18H14N4S/c19-13-4-3-5-14(8-13)22-18-20-9-12(10-21-18)16-11-23-17-7-2-1-6-15(16)17/h1-11H,19H2,(H,20,21,22). The summed E-state index contributed by atoms with van der Waals surface area (Å²) in [7, 11) is 0. The highest BCUT2D eigenvalue weighted by Gasteiger charge is 2.07. The van der Waals surface area contributed by atoms with E-state index in [0.29, 0.717) is 11.6 Å².